The molecule has 0 bridgehead atoms. The van der Waals surface area contributed by atoms with E-state index in [1.54, 1.807) is 24.3 Å². The van der Waals surface area contributed by atoms with Crippen molar-refractivity contribution < 1.29 is 13.4 Å². The van der Waals surface area contributed by atoms with Crippen molar-refractivity contribution in [2.75, 3.05) is 11.6 Å². The molecule has 0 saturated carbocycles. The molecular formula is C23H19N3O3S. The number of carbonyl (C=O) groups excluding carboxylic acids is 1. The summed E-state index contributed by atoms with van der Waals surface area (Å²) in [4.78, 5) is 12.9. The van der Waals surface area contributed by atoms with Gasteiger partial charge in [-0.3, -0.25) is 14.4 Å². The third-order valence-corrected chi connectivity index (χ3v) is 5.51. The van der Waals surface area contributed by atoms with E-state index in [4.69, 9.17) is 15.6 Å². The van der Waals surface area contributed by atoms with Gasteiger partial charge in [-0.2, -0.15) is 0 Å². The van der Waals surface area contributed by atoms with Crippen LogP contribution in [0, 0.1) is 5.41 Å². The minimum absolute atomic E-state index is 0.0451. The first kappa shape index (κ1) is 19.6. The third-order valence-electron chi connectivity index (χ3n) is 4.73. The van der Waals surface area contributed by atoms with E-state index in [1.807, 2.05) is 42.5 Å². The Kier molecular flexibility index (Phi) is 5.20. The number of benzene rings is 3. The Bertz CT molecular complexity index is 1300. The van der Waals surface area contributed by atoms with Crippen LogP contribution in [0.2, 0.25) is 0 Å². The molecular weight excluding hydrogens is 398 g/mol. The summed E-state index contributed by atoms with van der Waals surface area (Å²) >= 11 is 0. The first-order chi connectivity index (χ1) is 14.4. The highest BCUT2D eigenvalue weighted by Crippen LogP contribution is 2.33. The zero-order chi connectivity index (χ0) is 21.3. The van der Waals surface area contributed by atoms with Gasteiger partial charge < -0.3 is 15.5 Å². The highest BCUT2D eigenvalue weighted by atomic mass is 32.2. The molecule has 4 rings (SSSR count). The minimum Gasteiger partial charge on any atom is -0.455 e. The maximum Gasteiger partial charge on any atom is 0.255 e. The summed E-state index contributed by atoms with van der Waals surface area (Å²) in [5.74, 6) is -0.293. The summed E-state index contributed by atoms with van der Waals surface area (Å²) in [5.41, 5.74) is 8.83. The molecule has 0 aliphatic rings. The van der Waals surface area contributed by atoms with Gasteiger partial charge in [-0.25, -0.2) is 0 Å². The van der Waals surface area contributed by atoms with Crippen molar-refractivity contribution in [1.29, 1.82) is 5.41 Å². The lowest BCUT2D eigenvalue weighted by atomic mass is 9.95. The molecule has 0 radical (unpaired) electrons. The number of nitrogen functional groups attached to an aromatic ring is 1. The summed E-state index contributed by atoms with van der Waals surface area (Å²) in [6.07, 6.45) is 3.06. The predicted molar refractivity (Wildman–Crippen MR) is 119 cm³/mol. The standard InChI is InChI=1S/C23H19N3O3S/c1-30(28)21-12-17(13-29-21)20-11-16(23(27)26-18-5-3-2-4-6-18)9-14-7-8-15(22(24)25)10-19(14)20/h2-13H,1H3,(H3,24,25)(H,26,27). The normalized spacial score (nSPS) is 11.9. The maximum atomic E-state index is 12.9. The molecule has 6 nitrogen and oxygen atoms in total. The summed E-state index contributed by atoms with van der Waals surface area (Å²) in [6, 6.07) is 19.8. The SMILES string of the molecule is CS(=O)c1cc(-c2cc(C(=O)Nc3ccccc3)cc3ccc(C(=N)N)cc23)co1. The molecule has 1 heterocycles. The first-order valence-electron chi connectivity index (χ1n) is 9.13. The van der Waals surface area contributed by atoms with Crippen molar-refractivity contribution in [3.05, 3.63) is 84.1 Å². The Hall–Kier alpha value is -3.71. The first-order valence-corrected chi connectivity index (χ1v) is 10.7. The molecule has 4 N–H and O–H groups in total. The molecule has 30 heavy (non-hydrogen) atoms. The largest absolute Gasteiger partial charge is 0.455 e. The van der Waals surface area contributed by atoms with Gasteiger partial charge in [-0.15, -0.1) is 0 Å². The lowest BCUT2D eigenvalue weighted by molar-refractivity contribution is 0.102. The van der Waals surface area contributed by atoms with E-state index in [2.05, 4.69) is 5.32 Å². The van der Waals surface area contributed by atoms with Gasteiger partial charge in [0.15, 0.2) is 5.09 Å². The maximum absolute atomic E-state index is 12.9. The number of hydrogen-bond donors (Lipinski definition) is 3. The molecule has 4 aromatic rings. The molecule has 0 spiro atoms. The number of carbonyl (C=O) groups is 1. The fourth-order valence-corrected chi connectivity index (χ4v) is 3.71. The highest BCUT2D eigenvalue weighted by Gasteiger charge is 2.15. The number of para-hydroxylation sites is 1. The summed E-state index contributed by atoms with van der Waals surface area (Å²) in [6.45, 7) is 0. The molecule has 150 valence electrons. The van der Waals surface area contributed by atoms with E-state index in [-0.39, 0.29) is 11.7 Å². The number of amidine groups is 1. The molecule has 0 aliphatic carbocycles. The van der Waals surface area contributed by atoms with Crippen molar-refractivity contribution in [1.82, 2.24) is 0 Å². The molecule has 7 heteroatoms. The Balaban J connectivity index is 1.86. The van der Waals surface area contributed by atoms with Crippen molar-refractivity contribution in [3.63, 3.8) is 0 Å². The number of furan rings is 1. The minimum atomic E-state index is -1.27. The van der Waals surface area contributed by atoms with Gasteiger partial charge in [0.25, 0.3) is 5.91 Å². The topological polar surface area (TPSA) is 109 Å². The van der Waals surface area contributed by atoms with Gasteiger partial charge in [0.05, 0.1) is 17.1 Å². The molecule has 0 aliphatic heterocycles. The quantitative estimate of drug-likeness (QED) is 0.331. The van der Waals surface area contributed by atoms with Crippen molar-refractivity contribution in [2.45, 2.75) is 5.09 Å². The van der Waals surface area contributed by atoms with E-state index < -0.39 is 10.8 Å². The second-order valence-electron chi connectivity index (χ2n) is 6.80. The Morgan fingerprint density at radius 1 is 1.03 bits per heavy atom. The zero-order valence-corrected chi connectivity index (χ0v) is 17.0. The monoisotopic (exact) mass is 417 g/mol. The fourth-order valence-electron chi connectivity index (χ4n) is 3.23. The molecule has 1 atom stereocenters. The smallest absolute Gasteiger partial charge is 0.255 e. The van der Waals surface area contributed by atoms with Crippen LogP contribution in [0.25, 0.3) is 21.9 Å². The van der Waals surface area contributed by atoms with Gasteiger partial charge in [-0.1, -0.05) is 30.3 Å². The average Bonchev–Trinajstić information content (AvgIpc) is 3.23. The number of nitrogens with one attached hydrogen (secondary N) is 2. The van der Waals surface area contributed by atoms with E-state index in [1.165, 1.54) is 12.5 Å². The zero-order valence-electron chi connectivity index (χ0n) is 16.1. The number of nitrogens with two attached hydrogens (primary N) is 1. The van der Waals surface area contributed by atoms with Gasteiger partial charge >= 0.3 is 0 Å². The lowest BCUT2D eigenvalue weighted by Gasteiger charge is -2.11. The molecule has 0 saturated heterocycles. The number of anilines is 1. The summed E-state index contributed by atoms with van der Waals surface area (Å²) in [7, 11) is -1.27. The van der Waals surface area contributed by atoms with E-state index in [9.17, 15) is 9.00 Å². The number of fused-ring (bicyclic) bond motifs is 1. The van der Waals surface area contributed by atoms with E-state index in [0.29, 0.717) is 27.5 Å². The number of rotatable bonds is 5. The van der Waals surface area contributed by atoms with Crippen molar-refractivity contribution >= 4 is 39.0 Å². The van der Waals surface area contributed by atoms with Crippen LogP contribution < -0.4 is 11.1 Å². The van der Waals surface area contributed by atoms with Gasteiger partial charge in [0.2, 0.25) is 0 Å². The molecule has 1 aromatic heterocycles. The van der Waals surface area contributed by atoms with Crippen LogP contribution in [0.3, 0.4) is 0 Å². The van der Waals surface area contributed by atoms with Crippen LogP contribution in [0.15, 0.2) is 82.5 Å². The van der Waals surface area contributed by atoms with Crippen molar-refractivity contribution in [2.24, 2.45) is 5.73 Å². The third kappa shape index (κ3) is 3.88. The van der Waals surface area contributed by atoms with Crippen LogP contribution in [-0.2, 0) is 10.8 Å². The molecule has 1 amide bonds. The van der Waals surface area contributed by atoms with Crippen LogP contribution in [0.4, 0.5) is 5.69 Å². The summed E-state index contributed by atoms with van der Waals surface area (Å²) in [5, 5.41) is 12.6. The van der Waals surface area contributed by atoms with Gasteiger partial charge in [-0.05, 0) is 46.7 Å². The average molecular weight is 417 g/mol. The van der Waals surface area contributed by atoms with Crippen LogP contribution in [0.1, 0.15) is 15.9 Å². The van der Waals surface area contributed by atoms with Gasteiger partial charge in [0.1, 0.15) is 5.84 Å². The highest BCUT2D eigenvalue weighted by molar-refractivity contribution is 7.84. The van der Waals surface area contributed by atoms with Crippen LogP contribution in [0.5, 0.6) is 0 Å². The second-order valence-corrected chi connectivity index (χ2v) is 8.11. The van der Waals surface area contributed by atoms with E-state index in [0.717, 1.165) is 16.3 Å². The van der Waals surface area contributed by atoms with Crippen LogP contribution >= 0.6 is 0 Å². The number of hydrogen-bond acceptors (Lipinski definition) is 4. The second kappa shape index (κ2) is 7.96. The van der Waals surface area contributed by atoms with Crippen molar-refractivity contribution in [3.8, 4) is 11.1 Å². The Labute approximate surface area is 175 Å². The molecule has 3 aromatic carbocycles. The lowest BCUT2D eigenvalue weighted by Crippen LogP contribution is -2.12. The Morgan fingerprint density at radius 3 is 2.47 bits per heavy atom. The van der Waals surface area contributed by atoms with Crippen LogP contribution in [-0.4, -0.2) is 22.2 Å². The fraction of sp³-hybridized carbons (Fsp3) is 0.0435. The molecule has 0 fully saturated rings. The van der Waals surface area contributed by atoms with Gasteiger partial charge in [0, 0.05) is 34.7 Å². The Morgan fingerprint density at radius 2 is 1.80 bits per heavy atom. The summed E-state index contributed by atoms with van der Waals surface area (Å²) < 4.78 is 17.2. The van der Waals surface area contributed by atoms with E-state index >= 15 is 0 Å². The predicted octanol–water partition coefficient (Wildman–Crippen LogP) is 4.37. The number of amides is 1. The molecule has 1 unspecified atom stereocenters.